The van der Waals surface area contributed by atoms with Crippen molar-refractivity contribution in [1.82, 2.24) is 29.8 Å². The third kappa shape index (κ3) is 3.92. The fourth-order valence-electron chi connectivity index (χ4n) is 3.07. The molecular weight excluding hydrogens is 320 g/mol. The maximum atomic E-state index is 6.02. The minimum atomic E-state index is -0.218. The highest BCUT2D eigenvalue weighted by Crippen LogP contribution is 2.25. The Morgan fingerprint density at radius 3 is 2.84 bits per heavy atom. The van der Waals surface area contributed by atoms with Crippen LogP contribution in [0.5, 0.6) is 0 Å². The van der Waals surface area contributed by atoms with Crippen molar-refractivity contribution in [3.8, 4) is 0 Å². The van der Waals surface area contributed by atoms with Crippen molar-refractivity contribution in [2.24, 2.45) is 0 Å². The lowest BCUT2D eigenvalue weighted by molar-refractivity contribution is -0.0930. The second-order valence-corrected chi connectivity index (χ2v) is 6.26. The second kappa shape index (κ2) is 7.12. The van der Waals surface area contributed by atoms with Crippen molar-refractivity contribution in [2.75, 3.05) is 13.1 Å². The lowest BCUT2D eigenvalue weighted by atomic mass is 10.1. The molecule has 8 nitrogen and oxygen atoms in total. The van der Waals surface area contributed by atoms with Crippen molar-refractivity contribution in [1.29, 1.82) is 0 Å². The molecule has 0 spiro atoms. The summed E-state index contributed by atoms with van der Waals surface area (Å²) >= 11 is 0. The molecule has 25 heavy (non-hydrogen) atoms. The van der Waals surface area contributed by atoms with Crippen LogP contribution in [0.25, 0.3) is 0 Å². The highest BCUT2D eigenvalue weighted by Gasteiger charge is 2.30. The lowest BCUT2D eigenvalue weighted by Crippen LogP contribution is -2.42. The second-order valence-electron chi connectivity index (χ2n) is 6.26. The largest absolute Gasteiger partial charge is 0.363 e. The van der Waals surface area contributed by atoms with Gasteiger partial charge >= 0.3 is 0 Å². The van der Waals surface area contributed by atoms with Gasteiger partial charge in [0, 0.05) is 19.6 Å². The first-order valence-electron chi connectivity index (χ1n) is 8.33. The number of benzene rings is 1. The van der Waals surface area contributed by atoms with Crippen LogP contribution in [-0.4, -0.2) is 49.0 Å². The van der Waals surface area contributed by atoms with Crippen molar-refractivity contribution < 1.29 is 9.26 Å². The van der Waals surface area contributed by atoms with E-state index in [4.69, 9.17) is 9.26 Å². The molecule has 1 fully saturated rings. The average molecular weight is 340 g/mol. The van der Waals surface area contributed by atoms with Crippen molar-refractivity contribution in [3.63, 3.8) is 0 Å². The zero-order valence-electron chi connectivity index (χ0n) is 14.0. The molecule has 3 aromatic rings. The lowest BCUT2D eigenvalue weighted by Gasteiger charge is -2.35. The number of ether oxygens (including phenoxy) is 1. The van der Waals surface area contributed by atoms with Gasteiger partial charge in [-0.1, -0.05) is 35.5 Å². The topological polar surface area (TPSA) is 82.1 Å². The van der Waals surface area contributed by atoms with Gasteiger partial charge in [0.2, 0.25) is 0 Å². The van der Waals surface area contributed by atoms with Crippen LogP contribution in [0.1, 0.15) is 30.3 Å². The van der Waals surface area contributed by atoms with Gasteiger partial charge in [0.25, 0.3) is 5.89 Å². The first kappa shape index (κ1) is 15.9. The molecule has 8 heteroatoms. The summed E-state index contributed by atoms with van der Waals surface area (Å²) in [4.78, 5) is 10.7. The van der Waals surface area contributed by atoms with Gasteiger partial charge in [-0.25, -0.2) is 9.67 Å². The first-order chi connectivity index (χ1) is 12.3. The number of nitrogens with zero attached hydrogens (tertiary/aromatic N) is 6. The van der Waals surface area contributed by atoms with E-state index in [2.05, 4.69) is 56.3 Å². The Labute approximate surface area is 145 Å². The summed E-state index contributed by atoms with van der Waals surface area (Å²) in [5, 5.41) is 8.08. The van der Waals surface area contributed by atoms with E-state index in [0.717, 1.165) is 19.6 Å². The smallest absolute Gasteiger partial charge is 0.257 e. The molecule has 3 heterocycles. The highest BCUT2D eigenvalue weighted by atomic mass is 16.5. The molecule has 0 saturated carbocycles. The number of rotatable bonds is 5. The van der Waals surface area contributed by atoms with Gasteiger partial charge in [-0.15, -0.1) is 0 Å². The molecular formula is C17H20N6O2. The number of aromatic nitrogens is 5. The third-order valence-electron chi connectivity index (χ3n) is 4.11. The molecule has 1 aliphatic heterocycles. The minimum absolute atomic E-state index is 0.105. The molecule has 2 atom stereocenters. The minimum Gasteiger partial charge on any atom is -0.363 e. The van der Waals surface area contributed by atoms with Crippen molar-refractivity contribution in [3.05, 3.63) is 60.3 Å². The summed E-state index contributed by atoms with van der Waals surface area (Å²) in [5.74, 6) is 1.08. The maximum Gasteiger partial charge on any atom is 0.257 e. The Hall–Kier alpha value is -2.58. The van der Waals surface area contributed by atoms with Crippen LogP contribution in [0, 0.1) is 0 Å². The van der Waals surface area contributed by atoms with E-state index in [1.165, 1.54) is 11.9 Å². The highest BCUT2D eigenvalue weighted by molar-refractivity contribution is 5.14. The summed E-state index contributed by atoms with van der Waals surface area (Å²) < 4.78 is 13.1. The molecule has 4 rings (SSSR count). The van der Waals surface area contributed by atoms with Crippen molar-refractivity contribution >= 4 is 0 Å². The van der Waals surface area contributed by atoms with E-state index in [-0.39, 0.29) is 12.2 Å². The van der Waals surface area contributed by atoms with E-state index in [0.29, 0.717) is 18.3 Å². The summed E-state index contributed by atoms with van der Waals surface area (Å²) in [6, 6.07) is 10.4. The zero-order chi connectivity index (χ0) is 17.1. The Morgan fingerprint density at radius 1 is 1.16 bits per heavy atom. The predicted octanol–water partition coefficient (Wildman–Crippen LogP) is 1.67. The summed E-state index contributed by atoms with van der Waals surface area (Å²) in [7, 11) is 0. The monoisotopic (exact) mass is 340 g/mol. The fourth-order valence-corrected chi connectivity index (χ4v) is 3.07. The Bertz CT molecular complexity index is 789. The molecule has 1 aromatic carbocycles. The standard InChI is InChI=1S/C17H20N6O2/c1-13-7-22(8-14-5-3-2-4-6-14)9-15(24-13)17-20-16(21-25-17)10-23-12-18-11-19-23/h2-6,11-13,15H,7-10H2,1H3/t13-,15-/m1/s1. The Morgan fingerprint density at radius 2 is 2.04 bits per heavy atom. The quantitative estimate of drug-likeness (QED) is 0.699. The van der Waals surface area contributed by atoms with Crippen molar-refractivity contribution in [2.45, 2.75) is 32.2 Å². The van der Waals surface area contributed by atoms with Crippen LogP contribution in [0.2, 0.25) is 0 Å². The molecule has 2 aromatic heterocycles. The van der Waals surface area contributed by atoms with E-state index < -0.39 is 0 Å². The zero-order valence-corrected chi connectivity index (χ0v) is 14.0. The third-order valence-corrected chi connectivity index (χ3v) is 4.11. The van der Waals surface area contributed by atoms with Crippen LogP contribution in [0.3, 0.4) is 0 Å². The summed E-state index contributed by atoms with van der Waals surface area (Å²) in [5.41, 5.74) is 1.28. The van der Waals surface area contributed by atoms with Gasteiger partial charge in [-0.05, 0) is 12.5 Å². The van der Waals surface area contributed by atoms with Gasteiger partial charge in [-0.2, -0.15) is 10.1 Å². The fraction of sp³-hybridized carbons (Fsp3) is 0.412. The molecule has 0 unspecified atom stereocenters. The molecule has 130 valence electrons. The van der Waals surface area contributed by atoms with Gasteiger partial charge in [0.05, 0.1) is 6.10 Å². The SMILES string of the molecule is C[C@@H]1CN(Cc2ccccc2)C[C@H](c2nc(Cn3cncn3)no2)O1. The summed E-state index contributed by atoms with van der Waals surface area (Å²) in [6.07, 6.45) is 2.99. The molecule has 0 N–H and O–H groups in total. The number of morpholine rings is 1. The molecule has 1 aliphatic rings. The molecule has 0 bridgehead atoms. The average Bonchev–Trinajstić information content (AvgIpc) is 3.28. The molecule has 0 radical (unpaired) electrons. The normalized spacial score (nSPS) is 21.5. The molecule has 0 amide bonds. The first-order valence-corrected chi connectivity index (χ1v) is 8.33. The van der Waals surface area contributed by atoms with E-state index in [1.54, 1.807) is 11.0 Å². The predicted molar refractivity (Wildman–Crippen MR) is 88.4 cm³/mol. The van der Waals surface area contributed by atoms with Crippen LogP contribution < -0.4 is 0 Å². The summed E-state index contributed by atoms with van der Waals surface area (Å²) in [6.45, 7) is 4.98. The number of hydrogen-bond donors (Lipinski definition) is 0. The van der Waals surface area contributed by atoms with Gasteiger partial charge in [0.15, 0.2) is 5.82 Å². The van der Waals surface area contributed by atoms with Gasteiger partial charge < -0.3 is 9.26 Å². The maximum absolute atomic E-state index is 6.02. The van der Waals surface area contributed by atoms with Crippen LogP contribution in [0.4, 0.5) is 0 Å². The Kier molecular flexibility index (Phi) is 4.53. The molecule has 0 aliphatic carbocycles. The van der Waals surface area contributed by atoms with Gasteiger partial charge in [0.1, 0.15) is 25.3 Å². The van der Waals surface area contributed by atoms with Crippen LogP contribution in [0.15, 0.2) is 47.5 Å². The van der Waals surface area contributed by atoms with E-state index in [1.807, 2.05) is 6.07 Å². The van der Waals surface area contributed by atoms with E-state index in [9.17, 15) is 0 Å². The van der Waals surface area contributed by atoms with E-state index >= 15 is 0 Å². The van der Waals surface area contributed by atoms with Gasteiger partial charge in [-0.3, -0.25) is 4.90 Å². The molecule has 1 saturated heterocycles. The van der Waals surface area contributed by atoms with Crippen LogP contribution >= 0.6 is 0 Å². The number of hydrogen-bond acceptors (Lipinski definition) is 7. The Balaban J connectivity index is 1.43. The van der Waals surface area contributed by atoms with Crippen LogP contribution in [-0.2, 0) is 17.8 Å².